The topological polar surface area (TPSA) is 63.1 Å². The summed E-state index contributed by atoms with van der Waals surface area (Å²) in [5, 5.41) is 10.7. The van der Waals surface area contributed by atoms with E-state index in [0.717, 1.165) is 16.9 Å². The zero-order chi connectivity index (χ0) is 21.5. The largest absolute Gasteiger partial charge is 0.281 e. The van der Waals surface area contributed by atoms with Crippen molar-refractivity contribution in [3.05, 3.63) is 102 Å². The van der Waals surface area contributed by atoms with Gasteiger partial charge >= 0.3 is 0 Å². The summed E-state index contributed by atoms with van der Waals surface area (Å²) in [6.07, 6.45) is 1.66. The maximum atomic E-state index is 12.8. The van der Waals surface area contributed by atoms with Gasteiger partial charge in [-0.2, -0.15) is 0 Å². The standard InChI is InChI=1S/C24H23N5OS/c1-19-12-14-21(15-13-19)28-18-25-26-24(28)31-17-23(30)27-29(22-10-6-3-7-11-22)16-20-8-4-2-5-9-20/h2-15,18H,16-17H2,1H3,(H,27,30). The molecule has 31 heavy (non-hydrogen) atoms. The molecule has 0 radical (unpaired) electrons. The molecule has 0 atom stereocenters. The van der Waals surface area contributed by atoms with Gasteiger partial charge in [0.2, 0.25) is 5.91 Å². The Morgan fingerprint density at radius 1 is 0.968 bits per heavy atom. The lowest BCUT2D eigenvalue weighted by atomic mass is 10.2. The van der Waals surface area contributed by atoms with Crippen LogP contribution in [0.25, 0.3) is 5.69 Å². The number of hydrazine groups is 1. The molecular weight excluding hydrogens is 406 g/mol. The number of thioether (sulfide) groups is 1. The van der Waals surface area contributed by atoms with Crippen LogP contribution in [0.4, 0.5) is 5.69 Å². The van der Waals surface area contributed by atoms with Gasteiger partial charge < -0.3 is 0 Å². The molecule has 1 heterocycles. The first-order chi connectivity index (χ1) is 15.2. The summed E-state index contributed by atoms with van der Waals surface area (Å²) in [6.45, 7) is 2.62. The van der Waals surface area contributed by atoms with Crippen LogP contribution in [0.2, 0.25) is 0 Å². The molecule has 4 rings (SSSR count). The van der Waals surface area contributed by atoms with E-state index in [1.54, 1.807) is 6.33 Å². The summed E-state index contributed by atoms with van der Waals surface area (Å²) < 4.78 is 1.89. The molecule has 1 aromatic heterocycles. The van der Waals surface area contributed by atoms with Gasteiger partial charge in [-0.05, 0) is 36.8 Å². The van der Waals surface area contributed by atoms with Crippen molar-refractivity contribution in [2.45, 2.75) is 18.6 Å². The molecule has 3 aromatic carbocycles. The van der Waals surface area contributed by atoms with Crippen molar-refractivity contribution in [3.8, 4) is 5.69 Å². The number of aromatic nitrogens is 3. The smallest absolute Gasteiger partial charge is 0.248 e. The minimum Gasteiger partial charge on any atom is -0.281 e. The van der Waals surface area contributed by atoms with E-state index >= 15 is 0 Å². The van der Waals surface area contributed by atoms with E-state index in [0.29, 0.717) is 11.7 Å². The summed E-state index contributed by atoms with van der Waals surface area (Å²) in [4.78, 5) is 12.8. The van der Waals surface area contributed by atoms with E-state index in [2.05, 4.69) is 15.6 Å². The van der Waals surface area contributed by atoms with Crippen LogP contribution < -0.4 is 10.4 Å². The summed E-state index contributed by atoms with van der Waals surface area (Å²) in [5.41, 5.74) is 7.21. The Morgan fingerprint density at radius 2 is 1.65 bits per heavy atom. The quantitative estimate of drug-likeness (QED) is 0.332. The third-order valence-corrected chi connectivity index (χ3v) is 5.62. The number of hydrogen-bond donors (Lipinski definition) is 1. The van der Waals surface area contributed by atoms with Gasteiger partial charge in [0, 0.05) is 5.69 Å². The molecule has 0 aliphatic rings. The lowest BCUT2D eigenvalue weighted by Gasteiger charge is -2.25. The van der Waals surface area contributed by atoms with Crippen LogP contribution in [-0.2, 0) is 11.3 Å². The number of anilines is 1. The molecule has 1 N–H and O–H groups in total. The number of aryl methyl sites for hydroxylation is 1. The number of rotatable bonds is 8. The fourth-order valence-electron chi connectivity index (χ4n) is 3.09. The lowest BCUT2D eigenvalue weighted by molar-refractivity contribution is -0.118. The normalized spacial score (nSPS) is 10.6. The maximum absolute atomic E-state index is 12.8. The second-order valence-corrected chi connectivity index (χ2v) is 7.99. The number of para-hydroxylation sites is 1. The van der Waals surface area contributed by atoms with E-state index < -0.39 is 0 Å². The first-order valence-electron chi connectivity index (χ1n) is 9.95. The van der Waals surface area contributed by atoms with E-state index in [1.807, 2.05) is 101 Å². The van der Waals surface area contributed by atoms with Gasteiger partial charge in [0.1, 0.15) is 6.33 Å². The van der Waals surface area contributed by atoms with E-state index in [9.17, 15) is 4.79 Å². The number of carbonyl (C=O) groups is 1. The Morgan fingerprint density at radius 3 is 2.35 bits per heavy atom. The molecule has 6 nitrogen and oxygen atoms in total. The molecule has 0 bridgehead atoms. The summed E-state index contributed by atoms with van der Waals surface area (Å²) in [7, 11) is 0. The predicted molar refractivity (Wildman–Crippen MR) is 124 cm³/mol. The number of nitrogens with zero attached hydrogens (tertiary/aromatic N) is 4. The molecule has 1 amide bonds. The average molecular weight is 430 g/mol. The Kier molecular flexibility index (Phi) is 6.64. The third kappa shape index (κ3) is 5.52. The molecule has 4 aromatic rings. The number of hydrogen-bond acceptors (Lipinski definition) is 5. The average Bonchev–Trinajstić information content (AvgIpc) is 3.28. The maximum Gasteiger partial charge on any atom is 0.248 e. The molecule has 0 spiro atoms. The second-order valence-electron chi connectivity index (χ2n) is 7.05. The molecule has 0 saturated carbocycles. The van der Waals surface area contributed by atoms with E-state index in [1.165, 1.54) is 17.3 Å². The first kappa shape index (κ1) is 20.7. The highest BCUT2D eigenvalue weighted by molar-refractivity contribution is 7.99. The Bertz CT molecular complexity index is 1110. The van der Waals surface area contributed by atoms with Crippen molar-refractivity contribution in [2.75, 3.05) is 10.8 Å². The van der Waals surface area contributed by atoms with Crippen LogP contribution in [-0.4, -0.2) is 26.4 Å². The van der Waals surface area contributed by atoms with E-state index in [4.69, 9.17) is 0 Å². The third-order valence-electron chi connectivity index (χ3n) is 4.67. The van der Waals surface area contributed by atoms with E-state index in [-0.39, 0.29) is 11.7 Å². The van der Waals surface area contributed by atoms with Crippen molar-refractivity contribution < 1.29 is 4.79 Å². The predicted octanol–water partition coefficient (Wildman–Crippen LogP) is 4.41. The molecule has 0 aliphatic heterocycles. The van der Waals surface area contributed by atoms with Crippen molar-refractivity contribution in [1.29, 1.82) is 0 Å². The number of carbonyl (C=O) groups excluding carboxylic acids is 1. The fourth-order valence-corrected chi connectivity index (χ4v) is 3.81. The van der Waals surface area contributed by atoms with Crippen molar-refractivity contribution in [2.24, 2.45) is 0 Å². The molecule has 0 saturated heterocycles. The Labute approximate surface area is 185 Å². The van der Waals surface area contributed by atoms with Gasteiger partial charge in [0.15, 0.2) is 5.16 Å². The van der Waals surface area contributed by atoms with Crippen LogP contribution in [0, 0.1) is 6.92 Å². The van der Waals surface area contributed by atoms with Crippen molar-refractivity contribution >= 4 is 23.4 Å². The molecule has 0 fully saturated rings. The van der Waals surface area contributed by atoms with Crippen LogP contribution in [0.15, 0.2) is 96.4 Å². The highest BCUT2D eigenvalue weighted by Gasteiger charge is 2.14. The van der Waals surface area contributed by atoms with Crippen molar-refractivity contribution in [1.82, 2.24) is 20.2 Å². The zero-order valence-electron chi connectivity index (χ0n) is 17.2. The van der Waals surface area contributed by atoms with Gasteiger partial charge in [-0.1, -0.05) is 78.0 Å². The Balaban J connectivity index is 1.43. The van der Waals surface area contributed by atoms with Gasteiger partial charge in [-0.3, -0.25) is 19.8 Å². The monoisotopic (exact) mass is 429 g/mol. The number of nitrogens with one attached hydrogen (secondary N) is 1. The number of amides is 1. The molecular formula is C24H23N5OS. The lowest BCUT2D eigenvalue weighted by Crippen LogP contribution is -2.42. The van der Waals surface area contributed by atoms with Gasteiger partial charge in [0.25, 0.3) is 0 Å². The molecule has 0 unspecified atom stereocenters. The second kappa shape index (κ2) is 9.95. The van der Waals surface area contributed by atoms with Gasteiger partial charge in [0.05, 0.1) is 18.0 Å². The van der Waals surface area contributed by atoms with Crippen molar-refractivity contribution in [3.63, 3.8) is 0 Å². The summed E-state index contributed by atoms with van der Waals surface area (Å²) >= 11 is 1.35. The van der Waals surface area contributed by atoms with Crippen LogP contribution in [0.1, 0.15) is 11.1 Å². The van der Waals surface area contributed by atoms with Crippen LogP contribution in [0.5, 0.6) is 0 Å². The van der Waals surface area contributed by atoms with Crippen LogP contribution >= 0.6 is 11.8 Å². The minimum absolute atomic E-state index is 0.108. The Hall–Kier alpha value is -3.58. The molecule has 7 heteroatoms. The summed E-state index contributed by atoms with van der Waals surface area (Å²) in [6, 6.07) is 28.0. The fraction of sp³-hybridized carbons (Fsp3) is 0.125. The number of benzene rings is 3. The molecule has 156 valence electrons. The highest BCUT2D eigenvalue weighted by Crippen LogP contribution is 2.20. The first-order valence-corrected chi connectivity index (χ1v) is 10.9. The molecule has 0 aliphatic carbocycles. The minimum atomic E-state index is -0.108. The zero-order valence-corrected chi connectivity index (χ0v) is 18.0. The van der Waals surface area contributed by atoms with Crippen LogP contribution in [0.3, 0.4) is 0 Å². The van der Waals surface area contributed by atoms with Gasteiger partial charge in [-0.15, -0.1) is 10.2 Å². The summed E-state index contributed by atoms with van der Waals surface area (Å²) in [5.74, 6) is 0.117. The highest BCUT2D eigenvalue weighted by atomic mass is 32.2. The van der Waals surface area contributed by atoms with Gasteiger partial charge in [-0.25, -0.2) is 0 Å². The SMILES string of the molecule is Cc1ccc(-n2cnnc2SCC(=O)NN(Cc2ccccc2)c2ccccc2)cc1.